The summed E-state index contributed by atoms with van der Waals surface area (Å²) >= 11 is 0. The van der Waals surface area contributed by atoms with Crippen molar-refractivity contribution in [2.45, 2.75) is 39.0 Å². The first kappa shape index (κ1) is 14.9. The Morgan fingerprint density at radius 3 is 2.79 bits per heavy atom. The lowest BCUT2D eigenvalue weighted by Gasteiger charge is -2.13. The van der Waals surface area contributed by atoms with Gasteiger partial charge in [-0.25, -0.2) is 4.98 Å². The van der Waals surface area contributed by atoms with Crippen molar-refractivity contribution in [1.29, 1.82) is 0 Å². The van der Waals surface area contributed by atoms with E-state index in [0.29, 0.717) is 5.92 Å². The van der Waals surface area contributed by atoms with Crippen LogP contribution in [0.2, 0.25) is 0 Å². The first-order valence-electron chi connectivity index (χ1n) is 8.43. The van der Waals surface area contributed by atoms with Crippen LogP contribution in [0.4, 0.5) is 0 Å². The summed E-state index contributed by atoms with van der Waals surface area (Å²) in [5.74, 6) is 0.659. The molecular weight excluding hydrogens is 298 g/mol. The van der Waals surface area contributed by atoms with Gasteiger partial charge in [-0.15, -0.1) is 0 Å². The maximum absolute atomic E-state index is 5.62. The number of furan rings is 1. The topological polar surface area (TPSA) is 54.7 Å². The minimum atomic E-state index is 0.289. The molecule has 0 radical (unpaired) electrons. The Morgan fingerprint density at radius 1 is 1.08 bits per heavy atom. The van der Waals surface area contributed by atoms with Crippen LogP contribution < -0.4 is 0 Å². The van der Waals surface area contributed by atoms with E-state index in [1.54, 1.807) is 6.26 Å². The summed E-state index contributed by atoms with van der Waals surface area (Å²) in [4.78, 5) is 12.8. The third kappa shape index (κ3) is 2.58. The number of aromatic amines is 1. The van der Waals surface area contributed by atoms with Gasteiger partial charge in [-0.3, -0.25) is 4.98 Å². The fraction of sp³-hybridized carbons (Fsp3) is 0.300. The average molecular weight is 319 g/mol. The van der Waals surface area contributed by atoms with Crippen LogP contribution in [0.3, 0.4) is 0 Å². The Hall–Kier alpha value is -2.62. The molecule has 4 nitrogen and oxygen atoms in total. The van der Waals surface area contributed by atoms with Crippen LogP contribution in [0.1, 0.15) is 49.7 Å². The van der Waals surface area contributed by atoms with Crippen molar-refractivity contribution in [2.75, 3.05) is 0 Å². The van der Waals surface area contributed by atoms with Crippen molar-refractivity contribution in [2.24, 2.45) is 0 Å². The van der Waals surface area contributed by atoms with Crippen LogP contribution in [0, 0.1) is 0 Å². The molecule has 4 heteroatoms. The van der Waals surface area contributed by atoms with Gasteiger partial charge in [0.15, 0.2) is 0 Å². The molecule has 0 fully saturated rings. The summed E-state index contributed by atoms with van der Waals surface area (Å²) in [5.41, 5.74) is 5.11. The zero-order valence-electron chi connectivity index (χ0n) is 14.2. The molecule has 122 valence electrons. The van der Waals surface area contributed by atoms with Crippen molar-refractivity contribution in [1.82, 2.24) is 15.0 Å². The maximum atomic E-state index is 5.62. The summed E-state index contributed by atoms with van der Waals surface area (Å²) in [6, 6.07) is 10.3. The van der Waals surface area contributed by atoms with Gasteiger partial charge in [0.05, 0.1) is 12.0 Å². The molecule has 0 amide bonds. The zero-order chi connectivity index (χ0) is 16.7. The van der Waals surface area contributed by atoms with E-state index >= 15 is 0 Å². The molecule has 4 rings (SSSR count). The van der Waals surface area contributed by atoms with Crippen molar-refractivity contribution in [3.63, 3.8) is 0 Å². The first-order valence-corrected chi connectivity index (χ1v) is 8.43. The van der Waals surface area contributed by atoms with Crippen LogP contribution in [-0.4, -0.2) is 15.0 Å². The highest BCUT2D eigenvalue weighted by atomic mass is 16.3. The molecule has 0 aliphatic carbocycles. The molecule has 0 aromatic carbocycles. The predicted molar refractivity (Wildman–Crippen MR) is 96.3 cm³/mol. The molecule has 0 saturated carbocycles. The summed E-state index contributed by atoms with van der Waals surface area (Å²) in [7, 11) is 0. The van der Waals surface area contributed by atoms with Crippen LogP contribution >= 0.6 is 0 Å². The molecular formula is C20H21N3O. The Morgan fingerprint density at radius 2 is 1.96 bits per heavy atom. The molecule has 4 aromatic heterocycles. The molecule has 0 saturated heterocycles. The van der Waals surface area contributed by atoms with Gasteiger partial charge in [-0.1, -0.05) is 20.8 Å². The largest absolute Gasteiger partial charge is 0.464 e. The molecule has 0 aliphatic heterocycles. The van der Waals surface area contributed by atoms with E-state index in [1.165, 1.54) is 0 Å². The van der Waals surface area contributed by atoms with Crippen LogP contribution in [0.15, 0.2) is 47.2 Å². The molecule has 0 aliphatic rings. The summed E-state index contributed by atoms with van der Waals surface area (Å²) in [6.45, 7) is 6.53. The molecule has 4 heterocycles. The molecule has 0 bridgehead atoms. The van der Waals surface area contributed by atoms with Crippen LogP contribution in [0.25, 0.3) is 22.0 Å². The highest BCUT2D eigenvalue weighted by Gasteiger charge is 2.15. The fourth-order valence-electron chi connectivity index (χ4n) is 3.23. The van der Waals surface area contributed by atoms with Crippen molar-refractivity contribution in [3.05, 3.63) is 59.9 Å². The average Bonchev–Trinajstić information content (AvgIpc) is 3.21. The zero-order valence-corrected chi connectivity index (χ0v) is 14.2. The molecule has 1 N–H and O–H groups in total. The SMILES string of the molecule is CC(C)c1nc(CC(C)c2ccc3cc[nH]c3n2)cc2occc12. The number of pyridine rings is 2. The highest BCUT2D eigenvalue weighted by Crippen LogP contribution is 2.28. The standard InChI is InChI=1S/C20H21N3O/c1-12(2)19-16-7-9-24-18(16)11-15(22-19)10-13(3)17-5-4-14-6-8-21-20(14)23-17/h4-9,11-13H,10H2,1-3H3,(H,21,23). The lowest BCUT2D eigenvalue weighted by molar-refractivity contribution is 0.612. The number of H-pyrrole nitrogens is 1. The van der Waals surface area contributed by atoms with E-state index < -0.39 is 0 Å². The van der Waals surface area contributed by atoms with Gasteiger partial charge in [0.1, 0.15) is 11.2 Å². The second kappa shape index (κ2) is 5.78. The van der Waals surface area contributed by atoms with E-state index in [4.69, 9.17) is 14.4 Å². The van der Waals surface area contributed by atoms with Crippen LogP contribution in [-0.2, 0) is 6.42 Å². The third-order valence-corrected chi connectivity index (χ3v) is 4.53. The lowest BCUT2D eigenvalue weighted by atomic mass is 9.98. The number of fused-ring (bicyclic) bond motifs is 2. The van der Waals surface area contributed by atoms with E-state index in [-0.39, 0.29) is 5.92 Å². The van der Waals surface area contributed by atoms with Crippen molar-refractivity contribution < 1.29 is 4.42 Å². The summed E-state index contributed by atoms with van der Waals surface area (Å²) in [6.07, 6.45) is 4.51. The monoisotopic (exact) mass is 319 g/mol. The smallest absolute Gasteiger partial charge is 0.137 e. The number of hydrogen-bond acceptors (Lipinski definition) is 3. The highest BCUT2D eigenvalue weighted by molar-refractivity contribution is 5.80. The van der Waals surface area contributed by atoms with E-state index in [1.807, 2.05) is 18.3 Å². The fourth-order valence-corrected chi connectivity index (χ4v) is 3.23. The first-order chi connectivity index (χ1) is 11.6. The minimum absolute atomic E-state index is 0.289. The second-order valence-corrected chi connectivity index (χ2v) is 6.74. The Labute approximate surface area is 140 Å². The van der Waals surface area contributed by atoms with E-state index in [0.717, 1.165) is 45.5 Å². The van der Waals surface area contributed by atoms with Crippen molar-refractivity contribution in [3.8, 4) is 0 Å². The third-order valence-electron chi connectivity index (χ3n) is 4.53. The predicted octanol–water partition coefficient (Wildman–Crippen LogP) is 5.17. The molecule has 1 unspecified atom stereocenters. The van der Waals surface area contributed by atoms with E-state index in [2.05, 4.69) is 44.0 Å². The number of aromatic nitrogens is 3. The van der Waals surface area contributed by atoms with Gasteiger partial charge in [-0.2, -0.15) is 0 Å². The maximum Gasteiger partial charge on any atom is 0.137 e. The quantitative estimate of drug-likeness (QED) is 0.564. The Balaban J connectivity index is 1.67. The number of nitrogens with zero attached hydrogens (tertiary/aromatic N) is 2. The van der Waals surface area contributed by atoms with Gasteiger partial charge in [0.25, 0.3) is 0 Å². The van der Waals surface area contributed by atoms with Crippen LogP contribution in [0.5, 0.6) is 0 Å². The van der Waals surface area contributed by atoms with Gasteiger partial charge >= 0.3 is 0 Å². The van der Waals surface area contributed by atoms with E-state index in [9.17, 15) is 0 Å². The summed E-state index contributed by atoms with van der Waals surface area (Å²) in [5, 5.41) is 2.26. The number of nitrogens with one attached hydrogen (secondary N) is 1. The molecule has 1 atom stereocenters. The molecule has 0 spiro atoms. The van der Waals surface area contributed by atoms with Gasteiger partial charge in [0.2, 0.25) is 0 Å². The molecule has 24 heavy (non-hydrogen) atoms. The Bertz CT molecular complexity index is 996. The van der Waals surface area contributed by atoms with Crippen molar-refractivity contribution >= 4 is 22.0 Å². The normalized spacial score (nSPS) is 13.2. The molecule has 4 aromatic rings. The van der Waals surface area contributed by atoms with Gasteiger partial charge < -0.3 is 9.40 Å². The second-order valence-electron chi connectivity index (χ2n) is 6.74. The summed E-state index contributed by atoms with van der Waals surface area (Å²) < 4.78 is 5.62. The number of rotatable bonds is 4. The van der Waals surface area contributed by atoms with Gasteiger partial charge in [0, 0.05) is 40.3 Å². The minimum Gasteiger partial charge on any atom is -0.464 e. The lowest BCUT2D eigenvalue weighted by Crippen LogP contribution is -2.05. The van der Waals surface area contributed by atoms with Gasteiger partial charge in [-0.05, 0) is 36.6 Å². The Kier molecular flexibility index (Phi) is 3.60. The number of hydrogen-bond donors (Lipinski definition) is 1.